The molecule has 1 aromatic carbocycles. The van der Waals surface area contributed by atoms with Crippen molar-refractivity contribution in [2.24, 2.45) is 0 Å². The monoisotopic (exact) mass is 277 g/mol. The Kier molecular flexibility index (Phi) is 5.87. The van der Waals surface area contributed by atoms with Crippen LogP contribution in [0.3, 0.4) is 0 Å². The van der Waals surface area contributed by atoms with Gasteiger partial charge in [0.2, 0.25) is 0 Å². The largest absolute Gasteiger partial charge is 0.494 e. The van der Waals surface area contributed by atoms with Crippen LogP contribution >= 0.6 is 0 Å². The van der Waals surface area contributed by atoms with Crippen LogP contribution in [-0.2, 0) is 4.84 Å². The molecule has 0 atom stereocenters. The van der Waals surface area contributed by atoms with E-state index < -0.39 is 0 Å². The molecule has 0 radical (unpaired) electrons. The Balaban J connectivity index is 1.77. The zero-order chi connectivity index (χ0) is 14.2. The zero-order valence-corrected chi connectivity index (χ0v) is 12.1. The molecule has 20 heavy (non-hydrogen) atoms. The van der Waals surface area contributed by atoms with Crippen LogP contribution in [-0.4, -0.2) is 18.6 Å². The summed E-state index contributed by atoms with van der Waals surface area (Å²) < 4.78 is 5.56. The van der Waals surface area contributed by atoms with Crippen molar-refractivity contribution in [2.45, 2.75) is 51.6 Å². The maximum absolute atomic E-state index is 11.9. The van der Waals surface area contributed by atoms with Gasteiger partial charge in [-0.15, -0.1) is 0 Å². The van der Waals surface area contributed by atoms with Crippen LogP contribution in [0.25, 0.3) is 0 Å². The van der Waals surface area contributed by atoms with E-state index in [0.29, 0.717) is 12.2 Å². The molecule has 1 fully saturated rings. The summed E-state index contributed by atoms with van der Waals surface area (Å²) in [7, 11) is 0. The van der Waals surface area contributed by atoms with E-state index in [1.165, 1.54) is 12.8 Å². The minimum Gasteiger partial charge on any atom is -0.494 e. The van der Waals surface area contributed by atoms with Gasteiger partial charge in [-0.1, -0.05) is 26.2 Å². The van der Waals surface area contributed by atoms with Gasteiger partial charge >= 0.3 is 0 Å². The molecule has 0 spiro atoms. The molecule has 1 aromatic rings. The number of benzene rings is 1. The van der Waals surface area contributed by atoms with Crippen molar-refractivity contribution in [3.05, 3.63) is 29.8 Å². The SMILES string of the molecule is CCCCOc1ccc(C(=O)NOC2CCCC2)cc1. The van der Waals surface area contributed by atoms with E-state index in [4.69, 9.17) is 9.57 Å². The number of hydrogen-bond donors (Lipinski definition) is 1. The van der Waals surface area contributed by atoms with Gasteiger partial charge in [-0.25, -0.2) is 5.48 Å². The molecule has 1 N–H and O–H groups in total. The zero-order valence-electron chi connectivity index (χ0n) is 12.1. The van der Waals surface area contributed by atoms with E-state index in [1.807, 2.05) is 12.1 Å². The molecule has 1 saturated carbocycles. The number of hydroxylamine groups is 1. The van der Waals surface area contributed by atoms with E-state index in [2.05, 4.69) is 12.4 Å². The van der Waals surface area contributed by atoms with Crippen LogP contribution in [0.15, 0.2) is 24.3 Å². The van der Waals surface area contributed by atoms with Crippen LogP contribution in [0.5, 0.6) is 5.75 Å². The fourth-order valence-corrected chi connectivity index (χ4v) is 2.24. The predicted molar refractivity (Wildman–Crippen MR) is 77.7 cm³/mol. The van der Waals surface area contributed by atoms with Gasteiger partial charge in [0.15, 0.2) is 0 Å². The van der Waals surface area contributed by atoms with Gasteiger partial charge in [-0.3, -0.25) is 9.63 Å². The molecule has 4 heteroatoms. The molecular weight excluding hydrogens is 254 g/mol. The molecule has 0 aromatic heterocycles. The maximum atomic E-state index is 11.9. The van der Waals surface area contributed by atoms with Gasteiger partial charge in [-0.2, -0.15) is 0 Å². The fraction of sp³-hybridized carbons (Fsp3) is 0.562. The molecule has 0 heterocycles. The van der Waals surface area contributed by atoms with Gasteiger partial charge in [-0.05, 0) is 43.5 Å². The molecule has 1 aliphatic carbocycles. The van der Waals surface area contributed by atoms with Crippen LogP contribution < -0.4 is 10.2 Å². The standard InChI is InChI=1S/C16H23NO3/c1-2-3-12-19-14-10-8-13(9-11-14)16(18)17-20-15-6-4-5-7-15/h8-11,15H,2-7,12H2,1H3,(H,17,18). The Morgan fingerprint density at radius 2 is 1.95 bits per heavy atom. The van der Waals surface area contributed by atoms with Crippen molar-refractivity contribution in [2.75, 3.05) is 6.61 Å². The maximum Gasteiger partial charge on any atom is 0.274 e. The Morgan fingerprint density at radius 1 is 1.25 bits per heavy atom. The first-order valence-corrected chi connectivity index (χ1v) is 7.48. The molecule has 2 rings (SSSR count). The molecule has 110 valence electrons. The van der Waals surface area contributed by atoms with Crippen molar-refractivity contribution < 1.29 is 14.4 Å². The topological polar surface area (TPSA) is 47.6 Å². The van der Waals surface area contributed by atoms with Crippen molar-refractivity contribution in [1.29, 1.82) is 0 Å². The first-order chi connectivity index (χ1) is 9.79. The van der Waals surface area contributed by atoms with E-state index in [1.54, 1.807) is 12.1 Å². The molecule has 0 bridgehead atoms. The van der Waals surface area contributed by atoms with E-state index in [9.17, 15) is 4.79 Å². The number of rotatable bonds is 7. The Hall–Kier alpha value is -1.55. The van der Waals surface area contributed by atoms with Gasteiger partial charge in [0, 0.05) is 5.56 Å². The lowest BCUT2D eigenvalue weighted by atomic mass is 10.2. The van der Waals surface area contributed by atoms with Crippen molar-refractivity contribution in [3.8, 4) is 5.75 Å². The number of nitrogens with one attached hydrogen (secondary N) is 1. The Morgan fingerprint density at radius 3 is 2.60 bits per heavy atom. The first-order valence-electron chi connectivity index (χ1n) is 7.48. The third-order valence-electron chi connectivity index (χ3n) is 3.50. The van der Waals surface area contributed by atoms with E-state index in [0.717, 1.165) is 31.4 Å². The summed E-state index contributed by atoms with van der Waals surface area (Å²) in [6.07, 6.45) is 6.76. The minimum atomic E-state index is -0.197. The smallest absolute Gasteiger partial charge is 0.274 e. The number of carbonyl (C=O) groups excluding carboxylic acids is 1. The summed E-state index contributed by atoms with van der Waals surface area (Å²) in [6, 6.07) is 7.16. The molecule has 4 nitrogen and oxygen atoms in total. The lowest BCUT2D eigenvalue weighted by Crippen LogP contribution is -2.28. The number of ether oxygens (including phenoxy) is 1. The number of amides is 1. The van der Waals surface area contributed by atoms with Gasteiger partial charge in [0.05, 0.1) is 12.7 Å². The van der Waals surface area contributed by atoms with Crippen molar-refractivity contribution in [3.63, 3.8) is 0 Å². The summed E-state index contributed by atoms with van der Waals surface area (Å²) in [4.78, 5) is 17.3. The second-order valence-corrected chi connectivity index (χ2v) is 5.18. The number of hydrogen-bond acceptors (Lipinski definition) is 3. The second-order valence-electron chi connectivity index (χ2n) is 5.18. The van der Waals surface area contributed by atoms with Crippen molar-refractivity contribution in [1.82, 2.24) is 5.48 Å². The lowest BCUT2D eigenvalue weighted by Gasteiger charge is -2.11. The molecular formula is C16H23NO3. The molecule has 0 aliphatic heterocycles. The lowest BCUT2D eigenvalue weighted by molar-refractivity contribution is -0.0124. The van der Waals surface area contributed by atoms with Gasteiger partial charge in [0.1, 0.15) is 5.75 Å². The summed E-state index contributed by atoms with van der Waals surface area (Å²) in [5, 5.41) is 0. The highest BCUT2D eigenvalue weighted by molar-refractivity contribution is 5.93. The molecule has 1 amide bonds. The van der Waals surface area contributed by atoms with Crippen LogP contribution in [0, 0.1) is 0 Å². The highest BCUT2D eigenvalue weighted by Crippen LogP contribution is 2.20. The summed E-state index contributed by atoms with van der Waals surface area (Å²) in [5.74, 6) is 0.601. The third kappa shape index (κ3) is 4.53. The normalized spacial score (nSPS) is 15.2. The fourth-order valence-electron chi connectivity index (χ4n) is 2.24. The van der Waals surface area contributed by atoms with E-state index >= 15 is 0 Å². The summed E-state index contributed by atoms with van der Waals surface area (Å²) >= 11 is 0. The molecule has 0 unspecified atom stereocenters. The summed E-state index contributed by atoms with van der Waals surface area (Å²) in [6.45, 7) is 2.84. The highest BCUT2D eigenvalue weighted by Gasteiger charge is 2.17. The van der Waals surface area contributed by atoms with Gasteiger partial charge in [0.25, 0.3) is 5.91 Å². The predicted octanol–water partition coefficient (Wildman–Crippen LogP) is 3.47. The number of carbonyl (C=O) groups is 1. The molecule has 0 saturated heterocycles. The average molecular weight is 277 g/mol. The Bertz CT molecular complexity index is 410. The summed E-state index contributed by atoms with van der Waals surface area (Å²) in [5.41, 5.74) is 3.12. The third-order valence-corrected chi connectivity index (χ3v) is 3.50. The number of unbranched alkanes of at least 4 members (excludes halogenated alkanes) is 1. The second kappa shape index (κ2) is 7.90. The van der Waals surface area contributed by atoms with E-state index in [-0.39, 0.29) is 12.0 Å². The minimum absolute atomic E-state index is 0.176. The first kappa shape index (κ1) is 14.9. The highest BCUT2D eigenvalue weighted by atomic mass is 16.7. The molecule has 1 aliphatic rings. The Labute approximate surface area is 120 Å². The van der Waals surface area contributed by atoms with Gasteiger partial charge < -0.3 is 4.74 Å². The average Bonchev–Trinajstić information content (AvgIpc) is 2.99. The van der Waals surface area contributed by atoms with Crippen molar-refractivity contribution >= 4 is 5.91 Å². The quantitative estimate of drug-likeness (QED) is 0.613. The van der Waals surface area contributed by atoms with Crippen LogP contribution in [0.2, 0.25) is 0 Å². The van der Waals surface area contributed by atoms with Crippen LogP contribution in [0.1, 0.15) is 55.8 Å². The van der Waals surface area contributed by atoms with Crippen LogP contribution in [0.4, 0.5) is 0 Å².